The number of nitrogens with one attached hydrogen (secondary N) is 1. The van der Waals surface area contributed by atoms with Gasteiger partial charge >= 0.3 is 0 Å². The van der Waals surface area contributed by atoms with Gasteiger partial charge in [0.25, 0.3) is 5.91 Å². The van der Waals surface area contributed by atoms with Crippen molar-refractivity contribution in [2.24, 2.45) is 0 Å². The number of aromatic nitrogens is 2. The molecule has 0 aliphatic heterocycles. The number of hydrogen-bond donors (Lipinski definition) is 2. The number of carbonyl (C=O) groups excluding carboxylic acids is 1. The fourth-order valence-electron chi connectivity index (χ4n) is 1.36. The van der Waals surface area contributed by atoms with E-state index < -0.39 is 0 Å². The van der Waals surface area contributed by atoms with Crippen molar-refractivity contribution >= 4 is 27.5 Å². The molecular formula is C11H11BrN4O2. The van der Waals surface area contributed by atoms with Gasteiger partial charge in [0.2, 0.25) is 5.89 Å². The van der Waals surface area contributed by atoms with Crippen molar-refractivity contribution in [2.45, 2.75) is 13.5 Å². The van der Waals surface area contributed by atoms with Crippen molar-refractivity contribution in [3.63, 3.8) is 0 Å². The average Bonchev–Trinajstić information content (AvgIpc) is 2.75. The lowest BCUT2D eigenvalue weighted by atomic mass is 10.2. The zero-order chi connectivity index (χ0) is 13.1. The molecule has 94 valence electrons. The van der Waals surface area contributed by atoms with E-state index in [1.807, 2.05) is 0 Å². The smallest absolute Gasteiger partial charge is 0.251 e. The molecule has 18 heavy (non-hydrogen) atoms. The second kappa shape index (κ2) is 5.18. The predicted octanol–water partition coefficient (Wildman–Crippen LogP) is 1.65. The maximum atomic E-state index is 11.8. The Labute approximate surface area is 112 Å². The van der Waals surface area contributed by atoms with Crippen molar-refractivity contribution in [3.05, 3.63) is 40.0 Å². The molecule has 2 rings (SSSR count). The van der Waals surface area contributed by atoms with Crippen LogP contribution in [0.25, 0.3) is 0 Å². The molecule has 1 amide bonds. The summed E-state index contributed by atoms with van der Waals surface area (Å²) in [5, 5.41) is 6.36. The Kier molecular flexibility index (Phi) is 3.61. The predicted molar refractivity (Wildman–Crippen MR) is 68.8 cm³/mol. The van der Waals surface area contributed by atoms with E-state index in [1.54, 1.807) is 25.1 Å². The van der Waals surface area contributed by atoms with Crippen LogP contribution >= 0.6 is 15.9 Å². The molecule has 0 radical (unpaired) electrons. The van der Waals surface area contributed by atoms with Gasteiger partial charge in [-0.05, 0) is 34.1 Å². The van der Waals surface area contributed by atoms with Crippen LogP contribution in [-0.2, 0) is 6.54 Å². The number of nitrogen functional groups attached to an aromatic ring is 1. The summed E-state index contributed by atoms with van der Waals surface area (Å²) >= 11 is 3.27. The fourth-order valence-corrected chi connectivity index (χ4v) is 1.61. The Bertz CT molecular complexity index is 582. The van der Waals surface area contributed by atoms with Gasteiger partial charge in [-0.15, -0.1) is 0 Å². The molecule has 0 spiro atoms. The summed E-state index contributed by atoms with van der Waals surface area (Å²) in [7, 11) is 0. The van der Waals surface area contributed by atoms with Gasteiger partial charge in [-0.3, -0.25) is 4.79 Å². The lowest BCUT2D eigenvalue weighted by molar-refractivity contribution is 0.0949. The minimum atomic E-state index is -0.239. The van der Waals surface area contributed by atoms with Crippen molar-refractivity contribution < 1.29 is 9.32 Å². The minimum Gasteiger partial charge on any atom is -0.398 e. The van der Waals surface area contributed by atoms with E-state index in [0.29, 0.717) is 23.0 Å². The zero-order valence-electron chi connectivity index (χ0n) is 9.61. The molecule has 0 aliphatic carbocycles. The topological polar surface area (TPSA) is 94.0 Å². The largest absolute Gasteiger partial charge is 0.398 e. The van der Waals surface area contributed by atoms with Crippen LogP contribution in [0.1, 0.15) is 22.1 Å². The average molecular weight is 311 g/mol. The monoisotopic (exact) mass is 310 g/mol. The molecule has 0 saturated carbocycles. The highest BCUT2D eigenvalue weighted by Crippen LogP contribution is 2.20. The van der Waals surface area contributed by atoms with Crippen molar-refractivity contribution in [3.8, 4) is 0 Å². The van der Waals surface area contributed by atoms with E-state index in [9.17, 15) is 4.79 Å². The lowest BCUT2D eigenvalue weighted by Gasteiger charge is -2.04. The van der Waals surface area contributed by atoms with Crippen molar-refractivity contribution in [1.29, 1.82) is 0 Å². The lowest BCUT2D eigenvalue weighted by Crippen LogP contribution is -2.23. The number of rotatable bonds is 3. The fraction of sp³-hybridized carbons (Fsp3) is 0.182. The molecule has 3 N–H and O–H groups in total. The Morgan fingerprint density at radius 1 is 1.56 bits per heavy atom. The third-order valence-corrected chi connectivity index (χ3v) is 2.96. The van der Waals surface area contributed by atoms with Gasteiger partial charge in [0.05, 0.1) is 6.54 Å². The van der Waals surface area contributed by atoms with Gasteiger partial charge in [-0.1, -0.05) is 5.16 Å². The van der Waals surface area contributed by atoms with Gasteiger partial charge in [0.1, 0.15) is 0 Å². The Morgan fingerprint density at radius 3 is 2.94 bits per heavy atom. The number of halogens is 1. The third kappa shape index (κ3) is 2.86. The number of nitrogens with two attached hydrogens (primary N) is 1. The highest BCUT2D eigenvalue weighted by atomic mass is 79.9. The van der Waals surface area contributed by atoms with E-state index in [4.69, 9.17) is 10.3 Å². The third-order valence-electron chi connectivity index (χ3n) is 2.23. The first-order valence-electron chi connectivity index (χ1n) is 5.18. The normalized spacial score (nSPS) is 10.3. The molecule has 2 aromatic rings. The van der Waals surface area contributed by atoms with E-state index >= 15 is 0 Å². The van der Waals surface area contributed by atoms with E-state index in [2.05, 4.69) is 31.4 Å². The quantitative estimate of drug-likeness (QED) is 0.841. The summed E-state index contributed by atoms with van der Waals surface area (Å²) in [5.41, 5.74) is 6.70. The van der Waals surface area contributed by atoms with E-state index in [-0.39, 0.29) is 12.5 Å². The molecule has 7 heteroatoms. The molecule has 0 atom stereocenters. The number of benzene rings is 1. The van der Waals surface area contributed by atoms with Gasteiger partial charge in [-0.25, -0.2) is 0 Å². The van der Waals surface area contributed by atoms with E-state index in [1.165, 1.54) is 0 Å². The van der Waals surface area contributed by atoms with Gasteiger partial charge < -0.3 is 15.6 Å². The van der Waals surface area contributed by atoms with Crippen LogP contribution in [0.5, 0.6) is 0 Å². The highest BCUT2D eigenvalue weighted by molar-refractivity contribution is 9.10. The number of aryl methyl sites for hydroxylation is 1. The first-order chi connectivity index (χ1) is 8.56. The van der Waals surface area contributed by atoms with Gasteiger partial charge in [0, 0.05) is 22.6 Å². The Hall–Kier alpha value is -1.89. The summed E-state index contributed by atoms with van der Waals surface area (Å²) in [6, 6.07) is 5.00. The summed E-state index contributed by atoms with van der Waals surface area (Å²) in [6.07, 6.45) is 0. The molecule has 0 unspecified atom stereocenters. The van der Waals surface area contributed by atoms with E-state index in [0.717, 1.165) is 4.47 Å². The molecule has 1 heterocycles. The molecule has 1 aromatic heterocycles. The maximum absolute atomic E-state index is 11.8. The van der Waals surface area contributed by atoms with Crippen LogP contribution in [0.2, 0.25) is 0 Å². The summed E-state index contributed by atoms with van der Waals surface area (Å²) in [6.45, 7) is 1.90. The van der Waals surface area contributed by atoms with Crippen LogP contribution in [0.15, 0.2) is 27.2 Å². The van der Waals surface area contributed by atoms with Gasteiger partial charge in [0.15, 0.2) is 5.82 Å². The van der Waals surface area contributed by atoms with Crippen LogP contribution in [0.3, 0.4) is 0 Å². The number of hydrogen-bond acceptors (Lipinski definition) is 5. The Morgan fingerprint density at radius 2 is 2.33 bits per heavy atom. The number of carbonyl (C=O) groups is 1. The summed E-state index contributed by atoms with van der Waals surface area (Å²) in [4.78, 5) is 15.8. The van der Waals surface area contributed by atoms with Crippen molar-refractivity contribution in [2.75, 3.05) is 5.73 Å². The number of amides is 1. The maximum Gasteiger partial charge on any atom is 0.251 e. The molecule has 0 bridgehead atoms. The molecule has 6 nitrogen and oxygen atoms in total. The molecule has 1 aromatic carbocycles. The molecule has 0 fully saturated rings. The Balaban J connectivity index is 2.01. The SMILES string of the molecule is Cc1nc(CNC(=O)c2ccc(Br)c(N)c2)no1. The van der Waals surface area contributed by atoms with Crippen LogP contribution in [0, 0.1) is 6.92 Å². The summed E-state index contributed by atoms with van der Waals surface area (Å²) < 4.78 is 5.56. The molecular weight excluding hydrogens is 300 g/mol. The van der Waals surface area contributed by atoms with Gasteiger partial charge in [-0.2, -0.15) is 4.98 Å². The second-order valence-electron chi connectivity index (χ2n) is 3.65. The number of nitrogens with zero attached hydrogens (tertiary/aromatic N) is 2. The molecule has 0 aliphatic rings. The minimum absolute atomic E-state index is 0.214. The highest BCUT2D eigenvalue weighted by Gasteiger charge is 2.09. The first-order valence-corrected chi connectivity index (χ1v) is 5.98. The second-order valence-corrected chi connectivity index (χ2v) is 4.50. The van der Waals surface area contributed by atoms with Crippen LogP contribution in [0.4, 0.5) is 5.69 Å². The molecule has 0 saturated heterocycles. The number of anilines is 1. The summed E-state index contributed by atoms with van der Waals surface area (Å²) in [5.74, 6) is 0.662. The first kappa shape index (κ1) is 12.6. The standard InChI is InChI=1S/C11H11BrN4O2/c1-6-15-10(16-18-6)5-14-11(17)7-2-3-8(12)9(13)4-7/h2-4H,5,13H2,1H3,(H,14,17). The van der Waals surface area contributed by atoms with Crippen LogP contribution < -0.4 is 11.1 Å². The zero-order valence-corrected chi connectivity index (χ0v) is 11.2. The van der Waals surface area contributed by atoms with Crippen molar-refractivity contribution in [1.82, 2.24) is 15.5 Å². The van der Waals surface area contributed by atoms with Crippen LogP contribution in [-0.4, -0.2) is 16.0 Å².